The van der Waals surface area contributed by atoms with Gasteiger partial charge in [0, 0.05) is 30.2 Å². The number of anilines is 1. The van der Waals surface area contributed by atoms with Crippen molar-refractivity contribution in [1.29, 1.82) is 0 Å². The van der Waals surface area contributed by atoms with Gasteiger partial charge in [-0.05, 0) is 51.1 Å². The van der Waals surface area contributed by atoms with Crippen molar-refractivity contribution in [2.24, 2.45) is 5.73 Å². The summed E-state index contributed by atoms with van der Waals surface area (Å²) in [6.45, 7) is 7.87. The molecule has 0 unspecified atom stereocenters. The molecular formula is C17H24ClN3O2. The quantitative estimate of drug-likeness (QED) is 0.850. The van der Waals surface area contributed by atoms with Crippen molar-refractivity contribution in [2.45, 2.75) is 27.3 Å². The molecule has 2 rings (SSSR count). The number of carbonyl (C=O) groups excluding carboxylic acids is 1. The van der Waals surface area contributed by atoms with Crippen LogP contribution in [0.5, 0.6) is 5.75 Å². The fourth-order valence-corrected chi connectivity index (χ4v) is 2.53. The number of aromatic nitrogens is 1. The van der Waals surface area contributed by atoms with Gasteiger partial charge in [-0.25, -0.2) is 0 Å². The number of rotatable bonds is 6. The minimum absolute atomic E-state index is 0. The van der Waals surface area contributed by atoms with Gasteiger partial charge in [0.25, 0.3) is 5.91 Å². The summed E-state index contributed by atoms with van der Waals surface area (Å²) in [7, 11) is 0. The zero-order valence-electron chi connectivity index (χ0n) is 13.8. The number of hydrogen-bond acceptors (Lipinski definition) is 3. The second kappa shape index (κ2) is 8.60. The highest BCUT2D eigenvalue weighted by molar-refractivity contribution is 6.05. The lowest BCUT2D eigenvalue weighted by Crippen LogP contribution is -2.13. The SMILES string of the molecule is CCn1c(C)cc(C(=O)Nc2ccc(OCCN)cc2)c1C.Cl. The van der Waals surface area contributed by atoms with Gasteiger partial charge >= 0.3 is 0 Å². The van der Waals surface area contributed by atoms with E-state index in [1.54, 1.807) is 0 Å². The minimum Gasteiger partial charge on any atom is -0.492 e. The summed E-state index contributed by atoms with van der Waals surface area (Å²) in [6, 6.07) is 9.21. The molecule has 126 valence electrons. The maximum absolute atomic E-state index is 12.4. The summed E-state index contributed by atoms with van der Waals surface area (Å²) >= 11 is 0. The van der Waals surface area contributed by atoms with E-state index in [4.69, 9.17) is 10.5 Å². The van der Waals surface area contributed by atoms with Crippen molar-refractivity contribution in [3.05, 3.63) is 47.3 Å². The standard InChI is InChI=1S/C17H23N3O2.ClH/c1-4-20-12(2)11-16(13(20)3)17(21)19-14-5-7-15(8-6-14)22-10-9-18;/h5-8,11H,4,9-10,18H2,1-3H3,(H,19,21);1H. The number of nitrogens with one attached hydrogen (secondary N) is 1. The van der Waals surface area contributed by atoms with Crippen LogP contribution in [0.25, 0.3) is 0 Å². The van der Waals surface area contributed by atoms with Gasteiger partial charge in [-0.3, -0.25) is 4.79 Å². The Kier molecular flexibility index (Phi) is 7.13. The van der Waals surface area contributed by atoms with E-state index >= 15 is 0 Å². The Bertz CT molecular complexity index is 651. The predicted molar refractivity (Wildman–Crippen MR) is 95.8 cm³/mol. The van der Waals surface area contributed by atoms with E-state index in [-0.39, 0.29) is 18.3 Å². The van der Waals surface area contributed by atoms with Crippen molar-refractivity contribution < 1.29 is 9.53 Å². The number of nitrogens with two attached hydrogens (primary N) is 1. The first-order valence-electron chi connectivity index (χ1n) is 7.47. The maximum atomic E-state index is 12.4. The second-order valence-electron chi connectivity index (χ2n) is 5.14. The summed E-state index contributed by atoms with van der Waals surface area (Å²) < 4.78 is 7.54. The van der Waals surface area contributed by atoms with Gasteiger partial charge in [-0.15, -0.1) is 12.4 Å². The first kappa shape index (κ1) is 19.1. The van der Waals surface area contributed by atoms with Crippen LogP contribution in [-0.4, -0.2) is 23.6 Å². The molecule has 0 atom stereocenters. The summed E-state index contributed by atoms with van der Waals surface area (Å²) in [5.41, 5.74) is 8.92. The molecule has 0 aliphatic heterocycles. The molecule has 0 bridgehead atoms. The molecule has 0 saturated heterocycles. The molecule has 5 nitrogen and oxygen atoms in total. The molecule has 1 amide bonds. The number of carbonyl (C=O) groups is 1. The highest BCUT2D eigenvalue weighted by Crippen LogP contribution is 2.19. The van der Waals surface area contributed by atoms with Crippen LogP contribution < -0.4 is 15.8 Å². The van der Waals surface area contributed by atoms with Crippen molar-refractivity contribution in [3.8, 4) is 5.75 Å². The van der Waals surface area contributed by atoms with Crippen LogP contribution in [0.1, 0.15) is 28.7 Å². The molecule has 6 heteroatoms. The van der Waals surface area contributed by atoms with E-state index in [0.29, 0.717) is 18.7 Å². The largest absolute Gasteiger partial charge is 0.492 e. The molecule has 1 aromatic carbocycles. The number of hydrogen-bond donors (Lipinski definition) is 2. The van der Waals surface area contributed by atoms with Gasteiger partial charge in [0.05, 0.1) is 5.56 Å². The van der Waals surface area contributed by atoms with E-state index in [1.165, 1.54) is 0 Å². The molecule has 0 aliphatic carbocycles. The van der Waals surface area contributed by atoms with Gasteiger partial charge in [-0.2, -0.15) is 0 Å². The van der Waals surface area contributed by atoms with Crippen LogP contribution in [0.2, 0.25) is 0 Å². The monoisotopic (exact) mass is 337 g/mol. The minimum atomic E-state index is -0.0940. The van der Waals surface area contributed by atoms with Gasteiger partial charge in [-0.1, -0.05) is 0 Å². The molecule has 1 aromatic heterocycles. The first-order chi connectivity index (χ1) is 10.6. The molecule has 0 radical (unpaired) electrons. The van der Waals surface area contributed by atoms with Crippen molar-refractivity contribution in [2.75, 3.05) is 18.5 Å². The Balaban J connectivity index is 0.00000264. The molecule has 2 aromatic rings. The molecule has 0 aliphatic rings. The van der Waals surface area contributed by atoms with Crippen LogP contribution >= 0.6 is 12.4 Å². The number of ether oxygens (including phenoxy) is 1. The summed E-state index contributed by atoms with van der Waals surface area (Å²) in [5.74, 6) is 0.649. The Morgan fingerprint density at radius 1 is 1.26 bits per heavy atom. The van der Waals surface area contributed by atoms with Crippen LogP contribution in [0, 0.1) is 13.8 Å². The van der Waals surface area contributed by atoms with Crippen LogP contribution in [0.15, 0.2) is 30.3 Å². The van der Waals surface area contributed by atoms with Gasteiger partial charge in [0.15, 0.2) is 0 Å². The number of halogens is 1. The van der Waals surface area contributed by atoms with E-state index in [2.05, 4.69) is 16.8 Å². The molecule has 23 heavy (non-hydrogen) atoms. The van der Waals surface area contributed by atoms with E-state index in [9.17, 15) is 4.79 Å². The Hall–Kier alpha value is -1.98. The number of benzene rings is 1. The fourth-order valence-electron chi connectivity index (χ4n) is 2.53. The van der Waals surface area contributed by atoms with Crippen LogP contribution in [0.4, 0.5) is 5.69 Å². The van der Waals surface area contributed by atoms with Crippen molar-refractivity contribution in [1.82, 2.24) is 4.57 Å². The molecular weight excluding hydrogens is 314 g/mol. The average Bonchev–Trinajstić information content (AvgIpc) is 2.81. The van der Waals surface area contributed by atoms with Crippen molar-refractivity contribution >= 4 is 24.0 Å². The van der Waals surface area contributed by atoms with Gasteiger partial charge < -0.3 is 20.4 Å². The van der Waals surface area contributed by atoms with Crippen LogP contribution in [-0.2, 0) is 6.54 Å². The topological polar surface area (TPSA) is 69.3 Å². The van der Waals surface area contributed by atoms with Gasteiger partial charge in [0.1, 0.15) is 12.4 Å². The zero-order chi connectivity index (χ0) is 16.1. The Morgan fingerprint density at radius 2 is 1.91 bits per heavy atom. The summed E-state index contributed by atoms with van der Waals surface area (Å²) in [4.78, 5) is 12.4. The summed E-state index contributed by atoms with van der Waals surface area (Å²) in [6.07, 6.45) is 0. The summed E-state index contributed by atoms with van der Waals surface area (Å²) in [5, 5.41) is 2.91. The average molecular weight is 338 g/mol. The lowest BCUT2D eigenvalue weighted by molar-refractivity contribution is 0.102. The third-order valence-electron chi connectivity index (χ3n) is 3.63. The first-order valence-corrected chi connectivity index (χ1v) is 7.47. The molecule has 0 saturated carbocycles. The van der Waals surface area contributed by atoms with Gasteiger partial charge in [0.2, 0.25) is 0 Å². The third kappa shape index (κ3) is 4.50. The Morgan fingerprint density at radius 3 is 2.43 bits per heavy atom. The second-order valence-corrected chi connectivity index (χ2v) is 5.14. The third-order valence-corrected chi connectivity index (χ3v) is 3.63. The lowest BCUT2D eigenvalue weighted by Gasteiger charge is -2.08. The van der Waals surface area contributed by atoms with Crippen molar-refractivity contribution in [3.63, 3.8) is 0 Å². The highest BCUT2D eigenvalue weighted by atomic mass is 35.5. The normalized spacial score (nSPS) is 10.1. The lowest BCUT2D eigenvalue weighted by atomic mass is 10.2. The fraction of sp³-hybridized carbons (Fsp3) is 0.353. The highest BCUT2D eigenvalue weighted by Gasteiger charge is 2.15. The molecule has 1 heterocycles. The smallest absolute Gasteiger partial charge is 0.257 e. The number of nitrogens with zero attached hydrogens (tertiary/aromatic N) is 1. The maximum Gasteiger partial charge on any atom is 0.257 e. The number of amides is 1. The molecule has 3 N–H and O–H groups in total. The van der Waals surface area contributed by atoms with E-state index < -0.39 is 0 Å². The molecule has 0 spiro atoms. The predicted octanol–water partition coefficient (Wildman–Crippen LogP) is 3.14. The van der Waals surface area contributed by atoms with E-state index in [1.807, 2.05) is 44.2 Å². The number of aryl methyl sites for hydroxylation is 1. The molecule has 0 fully saturated rings. The van der Waals surface area contributed by atoms with Crippen LogP contribution in [0.3, 0.4) is 0 Å². The zero-order valence-corrected chi connectivity index (χ0v) is 14.6. The Labute approximate surface area is 143 Å². The van der Waals surface area contributed by atoms with E-state index in [0.717, 1.165) is 29.4 Å².